The van der Waals surface area contributed by atoms with Crippen LogP contribution in [0.4, 0.5) is 17.6 Å². The van der Waals surface area contributed by atoms with E-state index >= 15 is 0 Å². The predicted molar refractivity (Wildman–Crippen MR) is 46.2 cm³/mol. The normalized spacial score (nSPS) is 11.3. The monoisotopic (exact) mass is 286 g/mol. The lowest BCUT2D eigenvalue weighted by atomic mass is 10.2. The summed E-state index contributed by atoms with van der Waals surface area (Å²) in [5.41, 5.74) is -0.357. The Labute approximate surface area is 90.0 Å². The molecular formula is C8H3BrF4O2. The lowest BCUT2D eigenvalue weighted by Gasteiger charge is -2.09. The smallest absolute Gasteiger partial charge is 0.406 e. The molecule has 0 radical (unpaired) electrons. The van der Waals surface area contributed by atoms with E-state index in [1.165, 1.54) is 0 Å². The minimum absolute atomic E-state index is 0.100. The number of ether oxygens (including phenoxy) is 1. The van der Waals surface area contributed by atoms with Gasteiger partial charge in [0.25, 0.3) is 0 Å². The molecule has 0 aliphatic rings. The number of hydrogen-bond acceptors (Lipinski definition) is 2. The molecule has 7 heteroatoms. The van der Waals surface area contributed by atoms with Gasteiger partial charge in [-0.1, -0.05) is 0 Å². The van der Waals surface area contributed by atoms with Gasteiger partial charge in [0.15, 0.2) is 6.29 Å². The van der Waals surface area contributed by atoms with E-state index in [1.807, 2.05) is 0 Å². The third-order valence-electron chi connectivity index (χ3n) is 1.40. The van der Waals surface area contributed by atoms with Gasteiger partial charge in [-0.25, -0.2) is 4.39 Å². The molecule has 0 N–H and O–H groups in total. The largest absolute Gasteiger partial charge is 0.573 e. The Morgan fingerprint density at radius 2 is 1.93 bits per heavy atom. The van der Waals surface area contributed by atoms with Crippen molar-refractivity contribution >= 4 is 22.2 Å². The van der Waals surface area contributed by atoms with E-state index in [0.717, 1.165) is 6.07 Å². The molecule has 0 bridgehead atoms. The summed E-state index contributed by atoms with van der Waals surface area (Å²) < 4.78 is 51.6. The van der Waals surface area contributed by atoms with E-state index < -0.39 is 17.9 Å². The van der Waals surface area contributed by atoms with Gasteiger partial charge in [0.2, 0.25) is 0 Å². The summed E-state index contributed by atoms with van der Waals surface area (Å²) >= 11 is 2.75. The minimum atomic E-state index is -4.89. The van der Waals surface area contributed by atoms with E-state index in [1.54, 1.807) is 0 Å². The Kier molecular flexibility index (Phi) is 3.33. The zero-order valence-electron chi connectivity index (χ0n) is 6.94. The molecule has 0 saturated heterocycles. The fourth-order valence-electron chi connectivity index (χ4n) is 0.866. The quantitative estimate of drug-likeness (QED) is 0.616. The molecule has 0 spiro atoms. The Bertz CT molecular complexity index is 366. The summed E-state index contributed by atoms with van der Waals surface area (Å²) in [4.78, 5) is 10.3. The van der Waals surface area contributed by atoms with E-state index in [0.29, 0.717) is 6.07 Å². The number of hydrogen-bond donors (Lipinski definition) is 0. The maximum atomic E-state index is 13.0. The standard InChI is InChI=1S/C8H3BrF4O2/c9-6-1-4(15-8(11,12)13)2-7(10)5(6)3-14/h1-3H. The van der Waals surface area contributed by atoms with Gasteiger partial charge in [0, 0.05) is 10.5 Å². The summed E-state index contributed by atoms with van der Waals surface area (Å²) in [6, 6.07) is 1.35. The van der Waals surface area contributed by atoms with Crippen molar-refractivity contribution in [2.45, 2.75) is 6.36 Å². The van der Waals surface area contributed by atoms with Crippen LogP contribution in [0.3, 0.4) is 0 Å². The van der Waals surface area contributed by atoms with Crippen LogP contribution in [-0.4, -0.2) is 12.6 Å². The van der Waals surface area contributed by atoms with Crippen LogP contribution in [0.25, 0.3) is 0 Å². The zero-order valence-corrected chi connectivity index (χ0v) is 8.52. The van der Waals surface area contributed by atoms with Gasteiger partial charge in [-0.15, -0.1) is 13.2 Å². The van der Waals surface area contributed by atoms with Crippen LogP contribution < -0.4 is 4.74 Å². The van der Waals surface area contributed by atoms with Gasteiger partial charge in [0.1, 0.15) is 11.6 Å². The highest BCUT2D eigenvalue weighted by Gasteiger charge is 2.31. The van der Waals surface area contributed by atoms with Crippen molar-refractivity contribution < 1.29 is 27.1 Å². The first-order valence-electron chi connectivity index (χ1n) is 3.53. The molecule has 1 aromatic rings. The highest BCUT2D eigenvalue weighted by Crippen LogP contribution is 2.29. The fourth-order valence-corrected chi connectivity index (χ4v) is 1.37. The number of aldehydes is 1. The molecule has 0 aromatic heterocycles. The van der Waals surface area contributed by atoms with Gasteiger partial charge in [-0.3, -0.25) is 4.79 Å². The van der Waals surface area contributed by atoms with E-state index in [-0.39, 0.29) is 16.3 Å². The fraction of sp³-hybridized carbons (Fsp3) is 0.125. The third kappa shape index (κ3) is 3.19. The molecule has 0 amide bonds. The molecule has 2 nitrogen and oxygen atoms in total. The summed E-state index contributed by atoms with van der Waals surface area (Å²) in [6.07, 6.45) is -4.70. The van der Waals surface area contributed by atoms with Crippen LogP contribution in [0, 0.1) is 5.82 Å². The van der Waals surface area contributed by atoms with Crippen molar-refractivity contribution in [3.8, 4) is 5.75 Å². The van der Waals surface area contributed by atoms with Crippen LogP contribution in [0.15, 0.2) is 16.6 Å². The Morgan fingerprint density at radius 3 is 2.33 bits per heavy atom. The average Bonchev–Trinajstić information content (AvgIpc) is 1.99. The molecule has 0 heterocycles. The Morgan fingerprint density at radius 1 is 1.33 bits per heavy atom. The first kappa shape index (κ1) is 12.0. The maximum absolute atomic E-state index is 13.0. The van der Waals surface area contributed by atoms with Crippen molar-refractivity contribution in [3.05, 3.63) is 28.0 Å². The third-order valence-corrected chi connectivity index (χ3v) is 2.06. The van der Waals surface area contributed by atoms with Gasteiger partial charge in [0.05, 0.1) is 5.56 Å². The van der Waals surface area contributed by atoms with E-state index in [4.69, 9.17) is 0 Å². The average molecular weight is 287 g/mol. The molecule has 0 fully saturated rings. The van der Waals surface area contributed by atoms with E-state index in [9.17, 15) is 22.4 Å². The maximum Gasteiger partial charge on any atom is 0.573 e. The summed E-state index contributed by atoms with van der Waals surface area (Å²) in [7, 11) is 0. The first-order valence-corrected chi connectivity index (χ1v) is 4.33. The van der Waals surface area contributed by atoms with Crippen molar-refractivity contribution in [2.24, 2.45) is 0 Å². The highest BCUT2D eigenvalue weighted by molar-refractivity contribution is 9.10. The number of carbonyl (C=O) groups excluding carboxylic acids is 1. The SMILES string of the molecule is O=Cc1c(F)cc(OC(F)(F)F)cc1Br. The first-order chi connectivity index (χ1) is 6.83. The summed E-state index contributed by atoms with van der Waals surface area (Å²) in [5.74, 6) is -1.81. The number of alkyl halides is 3. The minimum Gasteiger partial charge on any atom is -0.406 e. The number of carbonyl (C=O) groups is 1. The van der Waals surface area contributed by atoms with Crippen LogP contribution >= 0.6 is 15.9 Å². The van der Waals surface area contributed by atoms with Gasteiger partial charge in [-0.05, 0) is 22.0 Å². The number of halogens is 5. The molecule has 0 aliphatic carbocycles. The second kappa shape index (κ2) is 4.18. The van der Waals surface area contributed by atoms with Gasteiger partial charge >= 0.3 is 6.36 Å². The van der Waals surface area contributed by atoms with Crippen molar-refractivity contribution in [1.29, 1.82) is 0 Å². The Hall–Kier alpha value is -1.11. The lowest BCUT2D eigenvalue weighted by Crippen LogP contribution is -2.17. The van der Waals surface area contributed by atoms with Crippen molar-refractivity contribution in [2.75, 3.05) is 0 Å². The second-order valence-corrected chi connectivity index (χ2v) is 3.32. The predicted octanol–water partition coefficient (Wildman–Crippen LogP) is 3.30. The molecular weight excluding hydrogens is 284 g/mol. The molecule has 15 heavy (non-hydrogen) atoms. The molecule has 0 atom stereocenters. The molecule has 82 valence electrons. The van der Waals surface area contributed by atoms with Crippen LogP contribution in [0.2, 0.25) is 0 Å². The number of benzene rings is 1. The summed E-state index contributed by atoms with van der Waals surface area (Å²) in [6.45, 7) is 0. The van der Waals surface area contributed by atoms with Crippen LogP contribution in [0.5, 0.6) is 5.75 Å². The molecule has 1 rings (SSSR count). The topological polar surface area (TPSA) is 26.3 Å². The van der Waals surface area contributed by atoms with E-state index in [2.05, 4.69) is 20.7 Å². The van der Waals surface area contributed by atoms with Crippen molar-refractivity contribution in [1.82, 2.24) is 0 Å². The molecule has 1 aromatic carbocycles. The second-order valence-electron chi connectivity index (χ2n) is 2.47. The molecule has 0 saturated carbocycles. The highest BCUT2D eigenvalue weighted by atomic mass is 79.9. The summed E-state index contributed by atoms with van der Waals surface area (Å²) in [5, 5.41) is 0. The number of rotatable bonds is 2. The zero-order chi connectivity index (χ0) is 11.6. The molecule has 0 aliphatic heterocycles. The van der Waals surface area contributed by atoms with Gasteiger partial charge in [-0.2, -0.15) is 0 Å². The van der Waals surface area contributed by atoms with Crippen molar-refractivity contribution in [3.63, 3.8) is 0 Å². The lowest BCUT2D eigenvalue weighted by molar-refractivity contribution is -0.274. The van der Waals surface area contributed by atoms with Gasteiger partial charge < -0.3 is 4.74 Å². The van der Waals surface area contributed by atoms with Crippen LogP contribution in [-0.2, 0) is 0 Å². The molecule has 0 unspecified atom stereocenters. The Balaban J connectivity index is 3.09. The van der Waals surface area contributed by atoms with Crippen LogP contribution in [0.1, 0.15) is 10.4 Å².